The number of aliphatic hydroxyl groups is 1. The van der Waals surface area contributed by atoms with Gasteiger partial charge in [-0.15, -0.1) is 0 Å². The highest BCUT2D eigenvalue weighted by atomic mass is 79.9. The molecule has 0 aliphatic heterocycles. The number of nitrogens with one attached hydrogen (secondary N) is 1. The summed E-state index contributed by atoms with van der Waals surface area (Å²) in [5.74, 6) is -2.27. The van der Waals surface area contributed by atoms with Crippen LogP contribution in [0.25, 0.3) is 0 Å². The zero-order valence-electron chi connectivity index (χ0n) is 11.3. The molecule has 4 N–H and O–H groups in total. The van der Waals surface area contributed by atoms with E-state index in [0.717, 1.165) is 6.07 Å². The van der Waals surface area contributed by atoms with E-state index >= 15 is 0 Å². The second-order valence-electron chi connectivity index (χ2n) is 4.59. The third-order valence-electron chi connectivity index (χ3n) is 3.05. The van der Waals surface area contributed by atoms with Crippen molar-refractivity contribution in [3.8, 4) is 0 Å². The third-order valence-corrected chi connectivity index (χ3v) is 3.51. The van der Waals surface area contributed by atoms with Crippen LogP contribution in [0.3, 0.4) is 0 Å². The first-order valence-corrected chi connectivity index (χ1v) is 7.14. The number of halogens is 3. The highest BCUT2D eigenvalue weighted by molar-refractivity contribution is 9.10. The van der Waals surface area contributed by atoms with Gasteiger partial charge in [-0.1, -0.05) is 34.1 Å². The Bertz CT molecular complexity index is 710. The smallest absolute Gasteiger partial charge is 0.253 e. The lowest BCUT2D eigenvalue weighted by Gasteiger charge is -2.16. The summed E-state index contributed by atoms with van der Waals surface area (Å²) in [6.07, 6.45) is -1.16. The highest BCUT2D eigenvalue weighted by Gasteiger charge is 2.17. The van der Waals surface area contributed by atoms with Gasteiger partial charge in [0.05, 0.1) is 17.4 Å². The van der Waals surface area contributed by atoms with E-state index < -0.39 is 23.6 Å². The number of hydrogen-bond acceptors (Lipinski definition) is 3. The normalized spacial score (nSPS) is 12.0. The Kier molecular flexibility index (Phi) is 5.10. The van der Waals surface area contributed by atoms with Crippen molar-refractivity contribution in [1.82, 2.24) is 0 Å². The molecule has 7 heteroatoms. The first-order valence-electron chi connectivity index (χ1n) is 6.35. The summed E-state index contributed by atoms with van der Waals surface area (Å²) in [6, 6.07) is 8.34. The van der Waals surface area contributed by atoms with E-state index in [2.05, 4.69) is 21.2 Å². The molecule has 4 nitrogen and oxygen atoms in total. The summed E-state index contributed by atoms with van der Waals surface area (Å²) in [5.41, 5.74) is 5.06. The molecule has 2 aromatic rings. The Morgan fingerprint density at radius 3 is 2.59 bits per heavy atom. The van der Waals surface area contributed by atoms with E-state index in [-0.39, 0.29) is 23.4 Å². The maximum absolute atomic E-state index is 13.8. The zero-order valence-corrected chi connectivity index (χ0v) is 12.9. The molecule has 1 unspecified atom stereocenters. The van der Waals surface area contributed by atoms with Crippen LogP contribution >= 0.6 is 15.9 Å². The molecule has 0 saturated heterocycles. The minimum Gasteiger partial charge on any atom is -0.386 e. The van der Waals surface area contributed by atoms with Crippen molar-refractivity contribution in [3.63, 3.8) is 0 Å². The van der Waals surface area contributed by atoms with Crippen molar-refractivity contribution in [1.29, 1.82) is 0 Å². The van der Waals surface area contributed by atoms with Crippen molar-refractivity contribution >= 4 is 27.5 Å². The average molecular weight is 371 g/mol. The maximum atomic E-state index is 13.8. The quantitative estimate of drug-likeness (QED) is 0.757. The molecule has 0 aliphatic carbocycles. The van der Waals surface area contributed by atoms with Gasteiger partial charge in [-0.05, 0) is 18.2 Å². The molecule has 1 atom stereocenters. The first kappa shape index (κ1) is 16.4. The Morgan fingerprint density at radius 1 is 1.27 bits per heavy atom. The molecule has 0 fully saturated rings. The van der Waals surface area contributed by atoms with Gasteiger partial charge in [-0.2, -0.15) is 0 Å². The zero-order chi connectivity index (χ0) is 16.3. The van der Waals surface area contributed by atoms with Gasteiger partial charge in [0.15, 0.2) is 0 Å². The minimum atomic E-state index is -1.16. The van der Waals surface area contributed by atoms with Crippen molar-refractivity contribution in [2.24, 2.45) is 5.73 Å². The summed E-state index contributed by atoms with van der Waals surface area (Å²) < 4.78 is 27.8. The van der Waals surface area contributed by atoms with Crippen molar-refractivity contribution in [2.75, 3.05) is 11.9 Å². The first-order chi connectivity index (χ1) is 10.4. The lowest BCUT2D eigenvalue weighted by Crippen LogP contribution is -2.19. The van der Waals surface area contributed by atoms with E-state index in [1.807, 2.05) is 0 Å². The molecule has 0 aromatic heterocycles. The fourth-order valence-electron chi connectivity index (χ4n) is 2.03. The number of rotatable bonds is 5. The second kappa shape index (κ2) is 6.85. The summed E-state index contributed by atoms with van der Waals surface area (Å²) in [6.45, 7) is -0.114. The molecule has 0 radical (unpaired) electrons. The molecule has 2 aromatic carbocycles. The molecule has 1 amide bonds. The third kappa shape index (κ3) is 3.61. The van der Waals surface area contributed by atoms with Crippen LogP contribution in [0.5, 0.6) is 0 Å². The van der Waals surface area contributed by atoms with Crippen LogP contribution in [0.1, 0.15) is 22.0 Å². The number of carbonyl (C=O) groups is 1. The largest absolute Gasteiger partial charge is 0.386 e. The molecular formula is C15H13BrF2N2O2. The molecule has 116 valence electrons. The van der Waals surface area contributed by atoms with Crippen molar-refractivity contribution < 1.29 is 18.7 Å². The fourth-order valence-corrected chi connectivity index (χ4v) is 2.46. The van der Waals surface area contributed by atoms with E-state index in [1.165, 1.54) is 24.3 Å². The molecular weight excluding hydrogens is 358 g/mol. The van der Waals surface area contributed by atoms with Crippen LogP contribution in [0.4, 0.5) is 14.5 Å². The van der Waals surface area contributed by atoms with Crippen molar-refractivity contribution in [3.05, 3.63) is 63.6 Å². The van der Waals surface area contributed by atoms with Gasteiger partial charge < -0.3 is 16.2 Å². The number of primary amides is 1. The minimum absolute atomic E-state index is 0.103. The Labute approximate surface area is 134 Å². The Balaban J connectivity index is 2.21. The van der Waals surface area contributed by atoms with Gasteiger partial charge in [0.2, 0.25) is 0 Å². The lowest BCUT2D eigenvalue weighted by atomic mass is 10.1. The molecule has 0 saturated carbocycles. The van der Waals surface area contributed by atoms with Crippen LogP contribution < -0.4 is 11.1 Å². The summed E-state index contributed by atoms with van der Waals surface area (Å²) >= 11 is 3.11. The monoisotopic (exact) mass is 370 g/mol. The number of benzene rings is 2. The highest BCUT2D eigenvalue weighted by Crippen LogP contribution is 2.26. The standard InChI is InChI=1S/C15H13BrF2N2O2/c16-8-5-11(18)14(15(19)22)12(6-8)20-7-13(21)9-3-1-2-4-10(9)17/h1-6,13,20-21H,7H2,(H2,19,22). The molecule has 0 spiro atoms. The van der Waals surface area contributed by atoms with Crippen LogP contribution in [0.15, 0.2) is 40.9 Å². The van der Waals surface area contributed by atoms with Gasteiger partial charge in [0.25, 0.3) is 5.91 Å². The molecule has 0 heterocycles. The van der Waals surface area contributed by atoms with E-state index in [1.54, 1.807) is 6.07 Å². The lowest BCUT2D eigenvalue weighted by molar-refractivity contribution is 0.0997. The van der Waals surface area contributed by atoms with Gasteiger partial charge in [0, 0.05) is 16.6 Å². The van der Waals surface area contributed by atoms with E-state index in [9.17, 15) is 18.7 Å². The van der Waals surface area contributed by atoms with E-state index in [0.29, 0.717) is 4.47 Å². The van der Waals surface area contributed by atoms with Gasteiger partial charge in [-0.25, -0.2) is 8.78 Å². The number of carbonyl (C=O) groups excluding carboxylic acids is 1. The molecule has 2 rings (SSSR count). The van der Waals surface area contributed by atoms with Crippen molar-refractivity contribution in [2.45, 2.75) is 6.10 Å². The molecule has 22 heavy (non-hydrogen) atoms. The summed E-state index contributed by atoms with van der Waals surface area (Å²) in [4.78, 5) is 11.3. The van der Waals surface area contributed by atoms with Crippen LogP contribution in [-0.4, -0.2) is 17.6 Å². The number of hydrogen-bond donors (Lipinski definition) is 3. The van der Waals surface area contributed by atoms with Gasteiger partial charge >= 0.3 is 0 Å². The predicted molar refractivity (Wildman–Crippen MR) is 82.5 cm³/mol. The average Bonchev–Trinajstić information content (AvgIpc) is 2.44. The van der Waals surface area contributed by atoms with Crippen LogP contribution in [-0.2, 0) is 0 Å². The second-order valence-corrected chi connectivity index (χ2v) is 5.51. The Morgan fingerprint density at radius 2 is 1.95 bits per heavy atom. The maximum Gasteiger partial charge on any atom is 0.253 e. The summed E-state index contributed by atoms with van der Waals surface area (Å²) in [5, 5.41) is 12.7. The van der Waals surface area contributed by atoms with Crippen LogP contribution in [0, 0.1) is 11.6 Å². The molecule has 0 aliphatic rings. The SMILES string of the molecule is NC(=O)c1c(F)cc(Br)cc1NCC(O)c1ccccc1F. The number of amides is 1. The van der Waals surface area contributed by atoms with Gasteiger partial charge in [0.1, 0.15) is 11.6 Å². The topological polar surface area (TPSA) is 75.4 Å². The van der Waals surface area contributed by atoms with Crippen LogP contribution in [0.2, 0.25) is 0 Å². The molecule has 0 bridgehead atoms. The van der Waals surface area contributed by atoms with Gasteiger partial charge in [-0.3, -0.25) is 4.79 Å². The number of nitrogens with two attached hydrogens (primary N) is 1. The number of anilines is 1. The van der Waals surface area contributed by atoms with E-state index in [4.69, 9.17) is 5.73 Å². The number of aliphatic hydroxyl groups excluding tert-OH is 1. The fraction of sp³-hybridized carbons (Fsp3) is 0.133. The predicted octanol–water partition coefficient (Wildman–Crippen LogP) is 2.97. The Hall–Kier alpha value is -1.99. The summed E-state index contributed by atoms with van der Waals surface area (Å²) in [7, 11) is 0.